The Labute approximate surface area is 227 Å². The van der Waals surface area contributed by atoms with Crippen molar-refractivity contribution in [3.05, 3.63) is 89.9 Å². The molecule has 0 aliphatic heterocycles. The summed E-state index contributed by atoms with van der Waals surface area (Å²) in [5, 5.41) is 12.2. The number of nitrogens with two attached hydrogens (primary N) is 1. The van der Waals surface area contributed by atoms with Crippen LogP contribution in [0.25, 0.3) is 50.2 Å². The Kier molecular flexibility index (Phi) is 6.99. The number of para-hydroxylation sites is 1. The number of hydrogen-bond acceptors (Lipinski definition) is 4. The number of nitrogens with one attached hydrogen (secondary N) is 3. The molecule has 2 heterocycles. The monoisotopic (exact) mass is 520 g/mol. The van der Waals surface area contributed by atoms with E-state index in [9.17, 15) is 4.39 Å². The second kappa shape index (κ2) is 10.9. The number of aromatic amines is 2. The molecule has 0 saturated heterocycles. The van der Waals surface area contributed by atoms with Gasteiger partial charge in [0.15, 0.2) is 5.82 Å². The number of fused-ring (bicyclic) bond motifs is 2. The Bertz CT molecular complexity index is 1690. The highest BCUT2D eigenvalue weighted by Gasteiger charge is 2.17. The lowest BCUT2D eigenvalue weighted by Crippen LogP contribution is -2.22. The summed E-state index contributed by atoms with van der Waals surface area (Å²) < 4.78 is 14.6. The van der Waals surface area contributed by atoms with E-state index in [1.807, 2.05) is 36.4 Å². The van der Waals surface area contributed by atoms with Crippen LogP contribution in [-0.2, 0) is 0 Å². The first-order valence-electron chi connectivity index (χ1n) is 13.6. The van der Waals surface area contributed by atoms with E-state index in [2.05, 4.69) is 39.6 Å². The molecule has 1 fully saturated rings. The van der Waals surface area contributed by atoms with Gasteiger partial charge in [0.25, 0.3) is 0 Å². The summed E-state index contributed by atoms with van der Waals surface area (Å²) in [7, 11) is 0. The number of benzene rings is 3. The van der Waals surface area contributed by atoms with Crippen LogP contribution in [0.3, 0.4) is 0 Å². The quantitative estimate of drug-likeness (QED) is 0.167. The summed E-state index contributed by atoms with van der Waals surface area (Å²) in [4.78, 5) is 8.25. The first kappa shape index (κ1) is 25.1. The van der Waals surface area contributed by atoms with E-state index in [4.69, 9.17) is 10.7 Å². The molecule has 6 nitrogen and oxygen atoms in total. The third-order valence-electron chi connectivity index (χ3n) is 7.69. The molecular weight excluding hydrogens is 487 g/mol. The zero-order valence-electron chi connectivity index (χ0n) is 22.1. The van der Waals surface area contributed by atoms with Gasteiger partial charge in [0.1, 0.15) is 11.5 Å². The summed E-state index contributed by atoms with van der Waals surface area (Å²) in [5.41, 5.74) is 13.7. The van der Waals surface area contributed by atoms with Crippen LogP contribution in [-0.4, -0.2) is 33.3 Å². The third-order valence-corrected chi connectivity index (χ3v) is 7.69. The lowest BCUT2D eigenvalue weighted by Gasteiger charge is -2.11. The molecule has 0 spiro atoms. The van der Waals surface area contributed by atoms with Crippen molar-refractivity contribution in [1.29, 1.82) is 0 Å². The van der Waals surface area contributed by atoms with Gasteiger partial charge in [-0.3, -0.25) is 5.10 Å². The summed E-state index contributed by atoms with van der Waals surface area (Å²) in [6.45, 7) is 4.05. The molecule has 6 rings (SSSR count). The molecule has 0 unspecified atom stereocenters. The van der Waals surface area contributed by atoms with Crippen molar-refractivity contribution < 1.29 is 4.39 Å². The van der Waals surface area contributed by atoms with Crippen LogP contribution >= 0.6 is 0 Å². The molecule has 0 bridgehead atoms. The van der Waals surface area contributed by atoms with Crippen LogP contribution in [0.15, 0.2) is 78.5 Å². The van der Waals surface area contributed by atoms with E-state index in [0.29, 0.717) is 22.6 Å². The SMILES string of the molecule is C/C(=C\C(=C/N)c1ccc2[nH]nc(-c3nc4c(-c5ccccc5F)cccc4[nH]3)c2c1)CNCC1CCCC1. The minimum Gasteiger partial charge on any atom is -0.404 e. The Morgan fingerprint density at radius 3 is 2.69 bits per heavy atom. The van der Waals surface area contributed by atoms with Crippen LogP contribution in [0.2, 0.25) is 0 Å². The number of hydrogen-bond donors (Lipinski definition) is 4. The number of allylic oxidation sites excluding steroid dienone is 2. The van der Waals surface area contributed by atoms with Crippen molar-refractivity contribution in [2.75, 3.05) is 13.1 Å². The number of rotatable bonds is 8. The highest BCUT2D eigenvalue weighted by Crippen LogP contribution is 2.33. The van der Waals surface area contributed by atoms with Gasteiger partial charge in [0, 0.05) is 29.3 Å². The Hall–Kier alpha value is -4.23. The van der Waals surface area contributed by atoms with E-state index in [1.165, 1.54) is 37.3 Å². The maximum absolute atomic E-state index is 14.6. The lowest BCUT2D eigenvalue weighted by molar-refractivity contribution is 0.502. The minimum atomic E-state index is -0.275. The van der Waals surface area contributed by atoms with E-state index < -0.39 is 0 Å². The maximum atomic E-state index is 14.6. The fourth-order valence-corrected chi connectivity index (χ4v) is 5.65. The first-order valence-corrected chi connectivity index (χ1v) is 13.6. The summed E-state index contributed by atoms with van der Waals surface area (Å²) in [5.74, 6) is 1.16. The van der Waals surface area contributed by atoms with Crippen LogP contribution in [0.1, 0.15) is 38.2 Å². The van der Waals surface area contributed by atoms with Crippen LogP contribution in [0, 0.1) is 11.7 Å². The van der Waals surface area contributed by atoms with Crippen LogP contribution < -0.4 is 11.1 Å². The van der Waals surface area contributed by atoms with Crippen molar-refractivity contribution in [3.8, 4) is 22.6 Å². The Morgan fingerprint density at radius 2 is 1.87 bits per heavy atom. The van der Waals surface area contributed by atoms with Crippen molar-refractivity contribution in [1.82, 2.24) is 25.5 Å². The molecule has 7 heteroatoms. The van der Waals surface area contributed by atoms with E-state index >= 15 is 0 Å². The molecule has 198 valence electrons. The maximum Gasteiger partial charge on any atom is 0.159 e. The molecule has 39 heavy (non-hydrogen) atoms. The van der Waals surface area contributed by atoms with Gasteiger partial charge in [-0.15, -0.1) is 0 Å². The van der Waals surface area contributed by atoms with Crippen LogP contribution in [0.5, 0.6) is 0 Å². The number of aromatic nitrogens is 4. The second-order valence-corrected chi connectivity index (χ2v) is 10.5. The smallest absolute Gasteiger partial charge is 0.159 e. The molecule has 0 radical (unpaired) electrons. The first-order chi connectivity index (χ1) is 19.1. The molecular formula is C32H33FN6. The summed E-state index contributed by atoms with van der Waals surface area (Å²) >= 11 is 0. The molecule has 5 N–H and O–H groups in total. The number of nitrogens with zero attached hydrogens (tertiary/aromatic N) is 2. The van der Waals surface area contributed by atoms with Gasteiger partial charge in [0.05, 0.1) is 16.6 Å². The fraction of sp³-hybridized carbons (Fsp3) is 0.250. The standard InChI is InChI=1S/C32H33FN6/c1-20(18-35-19-21-7-2-3-8-21)15-23(17-34)22-13-14-28-26(16-22)31(39-38-28)32-36-29-12-6-10-25(30(29)37-32)24-9-4-5-11-27(24)33/h4-6,9-17,21,35H,2-3,7-8,18-19,34H2,1H3,(H,36,37)(H,38,39)/b20-15+,23-17+. The average molecular weight is 521 g/mol. The summed E-state index contributed by atoms with van der Waals surface area (Å²) in [6.07, 6.45) is 9.20. The van der Waals surface area contributed by atoms with E-state index in [0.717, 1.165) is 52.1 Å². The second-order valence-electron chi connectivity index (χ2n) is 10.5. The Balaban J connectivity index is 1.30. The van der Waals surface area contributed by atoms with Gasteiger partial charge in [-0.2, -0.15) is 5.10 Å². The van der Waals surface area contributed by atoms with E-state index in [-0.39, 0.29) is 5.82 Å². The van der Waals surface area contributed by atoms with Gasteiger partial charge >= 0.3 is 0 Å². The molecule has 1 saturated carbocycles. The number of imidazole rings is 1. The van der Waals surface area contributed by atoms with Gasteiger partial charge in [0.2, 0.25) is 0 Å². The fourth-order valence-electron chi connectivity index (χ4n) is 5.65. The normalized spacial score (nSPS) is 15.1. The van der Waals surface area contributed by atoms with Crippen molar-refractivity contribution in [2.24, 2.45) is 11.7 Å². The summed E-state index contributed by atoms with van der Waals surface area (Å²) in [6, 6.07) is 18.7. The largest absolute Gasteiger partial charge is 0.404 e. The van der Waals surface area contributed by atoms with Gasteiger partial charge in [-0.05, 0) is 67.6 Å². The van der Waals surface area contributed by atoms with Gasteiger partial charge in [-0.25, -0.2) is 9.37 Å². The van der Waals surface area contributed by atoms with Gasteiger partial charge < -0.3 is 16.0 Å². The number of H-pyrrole nitrogens is 2. The van der Waals surface area contributed by atoms with Gasteiger partial charge in [-0.1, -0.05) is 60.9 Å². The predicted molar refractivity (Wildman–Crippen MR) is 157 cm³/mol. The predicted octanol–water partition coefficient (Wildman–Crippen LogP) is 6.94. The molecule has 0 atom stereocenters. The highest BCUT2D eigenvalue weighted by molar-refractivity contribution is 5.98. The number of halogens is 1. The topological polar surface area (TPSA) is 95.4 Å². The average Bonchev–Trinajstić information content (AvgIpc) is 3.71. The molecule has 3 aromatic carbocycles. The molecule has 2 aromatic heterocycles. The molecule has 1 aliphatic rings. The zero-order valence-corrected chi connectivity index (χ0v) is 22.1. The van der Waals surface area contributed by atoms with Crippen molar-refractivity contribution in [2.45, 2.75) is 32.6 Å². The van der Waals surface area contributed by atoms with Crippen LogP contribution in [0.4, 0.5) is 4.39 Å². The molecule has 0 amide bonds. The molecule has 1 aliphatic carbocycles. The van der Waals surface area contributed by atoms with Crippen molar-refractivity contribution >= 4 is 27.5 Å². The zero-order chi connectivity index (χ0) is 26.8. The van der Waals surface area contributed by atoms with E-state index in [1.54, 1.807) is 18.3 Å². The van der Waals surface area contributed by atoms with Crippen molar-refractivity contribution in [3.63, 3.8) is 0 Å². The minimum absolute atomic E-state index is 0.275. The highest BCUT2D eigenvalue weighted by atomic mass is 19.1. The lowest BCUT2D eigenvalue weighted by atomic mass is 10.0. The molecule has 5 aromatic rings. The third kappa shape index (κ3) is 5.10. The Morgan fingerprint density at radius 1 is 1.05 bits per heavy atom.